The highest BCUT2D eigenvalue weighted by Crippen LogP contribution is 2.36. The maximum Gasteiger partial charge on any atom is 0.318 e. The number of primary amides is 1. The minimum atomic E-state index is -0.831. The van der Waals surface area contributed by atoms with Gasteiger partial charge in [0.2, 0.25) is 5.91 Å². The quantitative estimate of drug-likeness (QED) is 0.670. The second-order valence-electron chi connectivity index (χ2n) is 3.92. The number of rotatable bonds is 3. The Kier molecular flexibility index (Phi) is 3.47. The van der Waals surface area contributed by atoms with Crippen molar-refractivity contribution in [2.24, 2.45) is 11.1 Å². The fraction of sp³-hybridized carbons (Fsp3) is 0.600. The molecule has 0 spiro atoms. The van der Waals surface area contributed by atoms with Crippen LogP contribution in [0, 0.1) is 5.41 Å². The number of allylic oxidation sites excluding steroid dienone is 1. The Morgan fingerprint density at radius 3 is 2.80 bits per heavy atom. The van der Waals surface area contributed by atoms with E-state index in [2.05, 4.69) is 11.9 Å². The van der Waals surface area contributed by atoms with E-state index in [4.69, 9.17) is 10.5 Å². The number of urea groups is 1. The molecule has 0 radical (unpaired) electrons. The van der Waals surface area contributed by atoms with E-state index in [9.17, 15) is 9.59 Å². The van der Waals surface area contributed by atoms with Crippen LogP contribution in [0.1, 0.15) is 19.8 Å². The van der Waals surface area contributed by atoms with Crippen molar-refractivity contribution in [2.75, 3.05) is 6.61 Å². The molecule has 0 aromatic carbocycles. The summed E-state index contributed by atoms with van der Waals surface area (Å²) in [5.41, 5.74) is 4.23. The van der Waals surface area contributed by atoms with Crippen molar-refractivity contribution >= 4 is 11.9 Å². The third-order valence-corrected chi connectivity index (χ3v) is 2.58. The van der Waals surface area contributed by atoms with Gasteiger partial charge in [0.05, 0.1) is 18.1 Å². The molecule has 15 heavy (non-hydrogen) atoms. The highest BCUT2D eigenvalue weighted by Gasteiger charge is 2.44. The molecule has 0 saturated carbocycles. The van der Waals surface area contributed by atoms with E-state index in [1.807, 2.05) is 6.92 Å². The summed E-state index contributed by atoms with van der Waals surface area (Å²) in [6.45, 7) is 5.80. The van der Waals surface area contributed by atoms with E-state index in [0.29, 0.717) is 19.4 Å². The molecule has 5 nitrogen and oxygen atoms in total. The van der Waals surface area contributed by atoms with Crippen molar-refractivity contribution in [1.29, 1.82) is 0 Å². The minimum Gasteiger partial charge on any atom is -0.377 e. The molecule has 1 aliphatic rings. The second kappa shape index (κ2) is 4.44. The summed E-state index contributed by atoms with van der Waals surface area (Å²) in [7, 11) is 0. The Labute approximate surface area is 88.7 Å². The summed E-state index contributed by atoms with van der Waals surface area (Å²) in [5.74, 6) is -0.376. The Balaban J connectivity index is 2.77. The minimum absolute atomic E-state index is 0.0172. The molecule has 1 heterocycles. The molecule has 0 aromatic rings. The number of hydrogen-bond donors (Lipinski definition) is 2. The summed E-state index contributed by atoms with van der Waals surface area (Å²) in [4.78, 5) is 22.4. The highest BCUT2D eigenvalue weighted by molar-refractivity contribution is 5.97. The van der Waals surface area contributed by atoms with Gasteiger partial charge in [0.25, 0.3) is 0 Å². The smallest absolute Gasteiger partial charge is 0.318 e. The van der Waals surface area contributed by atoms with Crippen LogP contribution in [0.4, 0.5) is 4.79 Å². The summed E-state index contributed by atoms with van der Waals surface area (Å²) >= 11 is 0. The third-order valence-electron chi connectivity index (χ3n) is 2.58. The first-order chi connectivity index (χ1) is 7.00. The largest absolute Gasteiger partial charge is 0.377 e. The normalized spacial score (nSPS) is 29.8. The van der Waals surface area contributed by atoms with Crippen LogP contribution >= 0.6 is 0 Å². The molecule has 3 amide bonds. The summed E-state index contributed by atoms with van der Waals surface area (Å²) in [6, 6.07) is -0.831. The van der Waals surface area contributed by atoms with Crippen LogP contribution in [-0.4, -0.2) is 24.6 Å². The lowest BCUT2D eigenvalue weighted by Gasteiger charge is -2.23. The number of carbonyl (C=O) groups excluding carboxylic acids is 2. The lowest BCUT2D eigenvalue weighted by Crippen LogP contribution is -2.46. The van der Waals surface area contributed by atoms with Gasteiger partial charge < -0.3 is 10.5 Å². The molecule has 1 fully saturated rings. The highest BCUT2D eigenvalue weighted by atomic mass is 16.5. The average Bonchev–Trinajstić information content (AvgIpc) is 2.48. The van der Waals surface area contributed by atoms with Gasteiger partial charge in [0.15, 0.2) is 0 Å². The molecule has 1 rings (SSSR count). The maximum absolute atomic E-state index is 11.8. The van der Waals surface area contributed by atoms with E-state index in [1.54, 1.807) is 6.08 Å². The number of nitrogens with two attached hydrogens (primary N) is 1. The van der Waals surface area contributed by atoms with E-state index < -0.39 is 11.4 Å². The summed E-state index contributed by atoms with van der Waals surface area (Å²) < 4.78 is 5.36. The van der Waals surface area contributed by atoms with Crippen molar-refractivity contribution in [3.63, 3.8) is 0 Å². The van der Waals surface area contributed by atoms with E-state index in [-0.39, 0.29) is 12.0 Å². The molecule has 2 atom stereocenters. The van der Waals surface area contributed by atoms with Gasteiger partial charge in [-0.3, -0.25) is 10.1 Å². The molecule has 0 bridgehead atoms. The van der Waals surface area contributed by atoms with Crippen molar-refractivity contribution in [3.8, 4) is 0 Å². The molecule has 1 saturated heterocycles. The number of hydrogen-bond acceptors (Lipinski definition) is 3. The van der Waals surface area contributed by atoms with Crippen LogP contribution in [0.2, 0.25) is 0 Å². The number of nitrogens with one attached hydrogen (secondary N) is 1. The van der Waals surface area contributed by atoms with Crippen LogP contribution in [0.3, 0.4) is 0 Å². The van der Waals surface area contributed by atoms with Gasteiger partial charge in [0.1, 0.15) is 0 Å². The fourth-order valence-electron chi connectivity index (χ4n) is 1.88. The van der Waals surface area contributed by atoms with Crippen LogP contribution in [0.15, 0.2) is 12.7 Å². The summed E-state index contributed by atoms with van der Waals surface area (Å²) in [6.07, 6.45) is 2.74. The molecule has 2 unspecified atom stereocenters. The van der Waals surface area contributed by atoms with Crippen LogP contribution in [0.5, 0.6) is 0 Å². The molecule has 84 valence electrons. The lowest BCUT2D eigenvalue weighted by atomic mass is 9.81. The SMILES string of the molecule is C=CCC1(C(=O)NC(N)=O)COC(C)C1. The fourth-order valence-corrected chi connectivity index (χ4v) is 1.88. The van der Waals surface area contributed by atoms with Gasteiger partial charge in [-0.05, 0) is 19.8 Å². The standard InChI is InChI=1S/C10H16N2O3/c1-3-4-10(5-7(2)15-6-10)8(13)12-9(11)14/h3,7H,1,4-6H2,2H3,(H3,11,12,13,14). The third kappa shape index (κ3) is 2.56. The number of amides is 3. The van der Waals surface area contributed by atoms with E-state index in [1.165, 1.54) is 0 Å². The first-order valence-electron chi connectivity index (χ1n) is 4.83. The van der Waals surface area contributed by atoms with E-state index in [0.717, 1.165) is 0 Å². The van der Waals surface area contributed by atoms with Crippen molar-refractivity contribution in [2.45, 2.75) is 25.9 Å². The van der Waals surface area contributed by atoms with E-state index >= 15 is 0 Å². The van der Waals surface area contributed by atoms with Gasteiger partial charge in [-0.15, -0.1) is 6.58 Å². The summed E-state index contributed by atoms with van der Waals surface area (Å²) in [5, 5.41) is 2.10. The zero-order valence-electron chi connectivity index (χ0n) is 8.79. The molecule has 0 aliphatic carbocycles. The molecule has 0 aromatic heterocycles. The van der Waals surface area contributed by atoms with Crippen LogP contribution < -0.4 is 11.1 Å². The molecular formula is C10H16N2O3. The Morgan fingerprint density at radius 2 is 2.40 bits per heavy atom. The molecule has 1 aliphatic heterocycles. The average molecular weight is 212 g/mol. The zero-order valence-corrected chi connectivity index (χ0v) is 8.79. The molecule has 3 N–H and O–H groups in total. The topological polar surface area (TPSA) is 81.4 Å². The van der Waals surface area contributed by atoms with Crippen LogP contribution in [-0.2, 0) is 9.53 Å². The van der Waals surface area contributed by atoms with Crippen molar-refractivity contribution in [1.82, 2.24) is 5.32 Å². The Hall–Kier alpha value is -1.36. The number of carbonyl (C=O) groups is 2. The Bertz CT molecular complexity index is 290. The predicted molar refractivity (Wildman–Crippen MR) is 55.0 cm³/mol. The van der Waals surface area contributed by atoms with Crippen molar-refractivity contribution < 1.29 is 14.3 Å². The first kappa shape index (κ1) is 11.7. The van der Waals surface area contributed by atoms with Gasteiger partial charge in [0, 0.05) is 0 Å². The maximum atomic E-state index is 11.8. The first-order valence-corrected chi connectivity index (χ1v) is 4.83. The molecule has 5 heteroatoms. The van der Waals surface area contributed by atoms with Gasteiger partial charge in [-0.25, -0.2) is 4.79 Å². The second-order valence-corrected chi connectivity index (χ2v) is 3.92. The molecular weight excluding hydrogens is 196 g/mol. The number of imide groups is 1. The zero-order chi connectivity index (χ0) is 11.5. The van der Waals surface area contributed by atoms with Gasteiger partial charge >= 0.3 is 6.03 Å². The van der Waals surface area contributed by atoms with Crippen LogP contribution in [0.25, 0.3) is 0 Å². The Morgan fingerprint density at radius 1 is 1.73 bits per heavy atom. The van der Waals surface area contributed by atoms with Crippen molar-refractivity contribution in [3.05, 3.63) is 12.7 Å². The predicted octanol–water partition coefficient (Wildman–Crippen LogP) is 0.553. The monoisotopic (exact) mass is 212 g/mol. The number of ether oxygens (including phenoxy) is 1. The lowest BCUT2D eigenvalue weighted by molar-refractivity contribution is -0.129. The van der Waals surface area contributed by atoms with Gasteiger partial charge in [-0.1, -0.05) is 6.08 Å². The van der Waals surface area contributed by atoms with Gasteiger partial charge in [-0.2, -0.15) is 0 Å².